The Hall–Kier alpha value is -3.22. The summed E-state index contributed by atoms with van der Waals surface area (Å²) >= 11 is 0. The average Bonchev–Trinajstić information content (AvgIpc) is 2.62. The minimum absolute atomic E-state index is 0.243. The second kappa shape index (κ2) is 9.93. The molecule has 7 nitrogen and oxygen atoms in total. The number of benzene rings is 2. The molecule has 0 unspecified atom stereocenters. The van der Waals surface area contributed by atoms with Gasteiger partial charge < -0.3 is 14.2 Å². The first-order chi connectivity index (χ1) is 12.6. The largest absolute Gasteiger partial charge is 0.487 e. The van der Waals surface area contributed by atoms with Crippen molar-refractivity contribution in [3.05, 3.63) is 54.1 Å². The second-order valence-electron chi connectivity index (χ2n) is 5.18. The summed E-state index contributed by atoms with van der Waals surface area (Å²) in [6, 6.07) is 14.5. The van der Waals surface area contributed by atoms with E-state index in [0.717, 1.165) is 5.56 Å². The molecule has 2 aromatic carbocycles. The van der Waals surface area contributed by atoms with Crippen LogP contribution in [0.5, 0.6) is 5.75 Å². The number of hydrogen-bond donors (Lipinski definition) is 2. The molecule has 0 heterocycles. The smallest absolute Gasteiger partial charge is 0.411 e. The Morgan fingerprint density at radius 3 is 2.19 bits per heavy atom. The van der Waals surface area contributed by atoms with Crippen LogP contribution in [0.15, 0.2) is 48.5 Å². The summed E-state index contributed by atoms with van der Waals surface area (Å²) in [5.74, 6) is 0.455. The molecular weight excluding hydrogens is 336 g/mol. The maximum atomic E-state index is 11.8. The lowest BCUT2D eigenvalue weighted by Gasteiger charge is -2.14. The van der Waals surface area contributed by atoms with Crippen molar-refractivity contribution in [3.8, 4) is 5.75 Å². The van der Waals surface area contributed by atoms with Crippen LogP contribution in [-0.2, 0) is 16.1 Å². The number of anilines is 2. The van der Waals surface area contributed by atoms with Gasteiger partial charge in [0.25, 0.3) is 0 Å². The molecule has 138 valence electrons. The van der Waals surface area contributed by atoms with E-state index in [2.05, 4.69) is 10.6 Å². The van der Waals surface area contributed by atoms with Gasteiger partial charge in [-0.1, -0.05) is 30.3 Å². The molecule has 2 N–H and O–H groups in total. The van der Waals surface area contributed by atoms with Gasteiger partial charge in [0.1, 0.15) is 12.4 Å². The highest BCUT2D eigenvalue weighted by Crippen LogP contribution is 2.29. The van der Waals surface area contributed by atoms with Crippen molar-refractivity contribution in [1.82, 2.24) is 0 Å². The Morgan fingerprint density at radius 1 is 0.885 bits per heavy atom. The van der Waals surface area contributed by atoms with Gasteiger partial charge in [0, 0.05) is 5.69 Å². The molecule has 0 saturated heterocycles. The Bertz CT molecular complexity index is 734. The van der Waals surface area contributed by atoms with E-state index in [1.54, 1.807) is 32.0 Å². The van der Waals surface area contributed by atoms with Gasteiger partial charge in [-0.3, -0.25) is 10.6 Å². The van der Waals surface area contributed by atoms with Crippen molar-refractivity contribution in [2.75, 3.05) is 23.8 Å². The molecule has 0 aliphatic heterocycles. The fraction of sp³-hybridized carbons (Fsp3) is 0.263. The molecule has 0 saturated carbocycles. The van der Waals surface area contributed by atoms with E-state index in [1.807, 2.05) is 30.3 Å². The maximum absolute atomic E-state index is 11.8. The SMILES string of the molecule is CCOC(=O)Nc1ccc(OCc2ccccc2)c(NC(=O)OCC)c1. The van der Waals surface area contributed by atoms with Gasteiger partial charge in [0.05, 0.1) is 18.9 Å². The van der Waals surface area contributed by atoms with Crippen LogP contribution in [0, 0.1) is 0 Å². The standard InChI is InChI=1S/C19H22N2O5/c1-3-24-18(22)20-15-10-11-17(16(12-15)21-19(23)25-4-2)26-13-14-8-6-5-7-9-14/h5-12H,3-4,13H2,1-2H3,(H,20,22)(H,21,23). The fourth-order valence-corrected chi connectivity index (χ4v) is 2.13. The third-order valence-electron chi connectivity index (χ3n) is 3.25. The Labute approximate surface area is 152 Å². The first-order valence-corrected chi connectivity index (χ1v) is 8.30. The van der Waals surface area contributed by atoms with Crippen LogP contribution in [0.4, 0.5) is 21.0 Å². The van der Waals surface area contributed by atoms with Gasteiger partial charge in [-0.05, 0) is 37.6 Å². The molecule has 0 radical (unpaired) electrons. The predicted molar refractivity (Wildman–Crippen MR) is 98.5 cm³/mol. The van der Waals surface area contributed by atoms with Crippen LogP contribution in [0.2, 0.25) is 0 Å². The summed E-state index contributed by atoms with van der Waals surface area (Å²) in [7, 11) is 0. The van der Waals surface area contributed by atoms with E-state index in [1.165, 1.54) is 0 Å². The maximum Gasteiger partial charge on any atom is 0.411 e. The first-order valence-electron chi connectivity index (χ1n) is 8.30. The number of amides is 2. The zero-order chi connectivity index (χ0) is 18.8. The molecule has 0 aromatic heterocycles. The lowest BCUT2D eigenvalue weighted by atomic mass is 10.2. The number of carbonyl (C=O) groups is 2. The summed E-state index contributed by atoms with van der Waals surface area (Å²) < 4.78 is 15.5. The molecule has 26 heavy (non-hydrogen) atoms. The lowest BCUT2D eigenvalue weighted by Crippen LogP contribution is -2.16. The molecule has 2 amide bonds. The molecule has 0 spiro atoms. The summed E-state index contributed by atoms with van der Waals surface area (Å²) in [5, 5.41) is 5.20. The molecule has 0 atom stereocenters. The van der Waals surface area contributed by atoms with Crippen LogP contribution < -0.4 is 15.4 Å². The van der Waals surface area contributed by atoms with Crippen LogP contribution in [0.1, 0.15) is 19.4 Å². The van der Waals surface area contributed by atoms with Crippen LogP contribution in [0.25, 0.3) is 0 Å². The van der Waals surface area contributed by atoms with E-state index in [9.17, 15) is 9.59 Å². The molecule has 2 rings (SSSR count). The molecule has 2 aromatic rings. The van der Waals surface area contributed by atoms with Crippen molar-refractivity contribution in [3.63, 3.8) is 0 Å². The van der Waals surface area contributed by atoms with Crippen molar-refractivity contribution < 1.29 is 23.8 Å². The highest BCUT2D eigenvalue weighted by molar-refractivity contribution is 5.90. The summed E-state index contributed by atoms with van der Waals surface area (Å²) in [4.78, 5) is 23.3. The number of hydrogen-bond acceptors (Lipinski definition) is 5. The summed E-state index contributed by atoms with van der Waals surface area (Å²) in [6.07, 6.45) is -1.18. The zero-order valence-corrected chi connectivity index (χ0v) is 14.8. The molecule has 0 fully saturated rings. The summed E-state index contributed by atoms with van der Waals surface area (Å²) in [6.45, 7) is 4.27. The minimum Gasteiger partial charge on any atom is -0.487 e. The molecule has 0 aliphatic carbocycles. The number of rotatable bonds is 7. The van der Waals surface area contributed by atoms with Crippen molar-refractivity contribution >= 4 is 23.6 Å². The average molecular weight is 358 g/mol. The van der Waals surface area contributed by atoms with Gasteiger partial charge in [-0.15, -0.1) is 0 Å². The predicted octanol–water partition coefficient (Wildman–Crippen LogP) is 4.40. The number of ether oxygens (including phenoxy) is 3. The van der Waals surface area contributed by atoms with Gasteiger partial charge in [-0.2, -0.15) is 0 Å². The van der Waals surface area contributed by atoms with Gasteiger partial charge in [0.2, 0.25) is 0 Å². The van der Waals surface area contributed by atoms with Crippen LogP contribution in [-0.4, -0.2) is 25.4 Å². The monoisotopic (exact) mass is 358 g/mol. The third-order valence-corrected chi connectivity index (χ3v) is 3.25. The van der Waals surface area contributed by atoms with Crippen molar-refractivity contribution in [1.29, 1.82) is 0 Å². The Morgan fingerprint density at radius 2 is 1.54 bits per heavy atom. The quantitative estimate of drug-likeness (QED) is 0.766. The zero-order valence-electron chi connectivity index (χ0n) is 14.8. The van der Waals surface area contributed by atoms with Crippen LogP contribution in [0.3, 0.4) is 0 Å². The topological polar surface area (TPSA) is 85.9 Å². The second-order valence-corrected chi connectivity index (χ2v) is 5.18. The van der Waals surface area contributed by atoms with Gasteiger partial charge >= 0.3 is 12.2 Å². The van der Waals surface area contributed by atoms with E-state index in [0.29, 0.717) is 23.7 Å². The Kier molecular flexibility index (Phi) is 7.30. The Balaban J connectivity index is 2.15. The van der Waals surface area contributed by atoms with E-state index in [-0.39, 0.29) is 13.2 Å². The van der Waals surface area contributed by atoms with Crippen LogP contribution >= 0.6 is 0 Å². The molecular formula is C19H22N2O5. The molecule has 0 bridgehead atoms. The number of carbonyl (C=O) groups excluding carboxylic acids is 2. The van der Waals surface area contributed by atoms with E-state index in [4.69, 9.17) is 14.2 Å². The van der Waals surface area contributed by atoms with Gasteiger partial charge in [-0.25, -0.2) is 9.59 Å². The van der Waals surface area contributed by atoms with E-state index >= 15 is 0 Å². The normalized spacial score (nSPS) is 9.92. The minimum atomic E-state index is -0.606. The van der Waals surface area contributed by atoms with Gasteiger partial charge in [0.15, 0.2) is 0 Å². The highest BCUT2D eigenvalue weighted by atomic mass is 16.6. The molecule has 0 aliphatic rings. The number of nitrogens with one attached hydrogen (secondary N) is 2. The summed E-state index contributed by atoms with van der Waals surface area (Å²) in [5.41, 5.74) is 1.83. The van der Waals surface area contributed by atoms with Crippen molar-refractivity contribution in [2.45, 2.75) is 20.5 Å². The van der Waals surface area contributed by atoms with E-state index < -0.39 is 12.2 Å². The van der Waals surface area contributed by atoms with Crippen molar-refractivity contribution in [2.24, 2.45) is 0 Å². The fourth-order valence-electron chi connectivity index (χ4n) is 2.13. The molecule has 7 heteroatoms. The lowest BCUT2D eigenvalue weighted by molar-refractivity contribution is 0.167. The highest BCUT2D eigenvalue weighted by Gasteiger charge is 2.12. The third kappa shape index (κ3) is 6.01. The first kappa shape index (κ1) is 19.1.